The van der Waals surface area contributed by atoms with E-state index in [2.05, 4.69) is 10.6 Å². The quantitative estimate of drug-likeness (QED) is 0.267. The molecule has 39 heavy (non-hydrogen) atoms. The smallest absolute Gasteiger partial charge is 0.353 e. The summed E-state index contributed by atoms with van der Waals surface area (Å²) in [5.41, 5.74) is 5.91. The molecule has 0 aromatic carbocycles. The highest BCUT2D eigenvalue weighted by atomic mass is 32.2. The summed E-state index contributed by atoms with van der Waals surface area (Å²) in [6.45, 7) is 3.89. The minimum atomic E-state index is -3.23. The zero-order valence-corrected chi connectivity index (χ0v) is 22.9. The lowest BCUT2D eigenvalue weighted by atomic mass is 9.78. The Balaban J connectivity index is 1.45. The van der Waals surface area contributed by atoms with Crippen LogP contribution < -0.4 is 16.4 Å². The molecule has 0 radical (unpaired) electrons. The number of carbonyl (C=O) groups is 5. The highest BCUT2D eigenvalue weighted by molar-refractivity contribution is 8.03. The van der Waals surface area contributed by atoms with Crippen molar-refractivity contribution in [2.24, 2.45) is 17.6 Å². The number of halogens is 2. The molecule has 4 amide bonds. The molecule has 0 saturated carbocycles. The SMILES string of the molecule is C[C@@H](NC(=O)C(F)F)[C@H]1C(=O)N2C(C(=O)O)=C(S[C@@H]3CN[C@H](C(=O)N4C[C@@H](N)C[C@H]4C(=O)N(C)C)C3)[C@H](C)[C@H]12. The van der Waals surface area contributed by atoms with Crippen LogP contribution in [0.2, 0.25) is 0 Å². The van der Waals surface area contributed by atoms with E-state index in [0.29, 0.717) is 24.3 Å². The third-order valence-electron chi connectivity index (χ3n) is 7.92. The van der Waals surface area contributed by atoms with Gasteiger partial charge < -0.3 is 36.2 Å². The molecule has 3 saturated heterocycles. The second kappa shape index (κ2) is 11.0. The number of β-lactam (4-membered cyclic amide) rings is 1. The highest BCUT2D eigenvalue weighted by Crippen LogP contribution is 2.52. The second-order valence-electron chi connectivity index (χ2n) is 10.8. The van der Waals surface area contributed by atoms with Crippen molar-refractivity contribution in [3.8, 4) is 0 Å². The Labute approximate surface area is 228 Å². The lowest BCUT2D eigenvalue weighted by molar-refractivity contribution is -0.159. The number of carboxylic acids is 1. The maximum absolute atomic E-state index is 13.3. The number of likely N-dealkylation sites (N-methyl/N-ethyl adjacent to an activating group) is 1. The number of rotatable bonds is 8. The molecule has 15 heteroatoms. The standard InChI is InChI=1S/C24H34F2N6O6S/c1-9-16-15(10(2)29-20(33)19(25)26)23(36)32(16)17(24(37)38)18(9)39-12-6-13(28-7-12)21(34)31-8-11(27)5-14(31)22(35)30(3)4/h9-16,19,28H,5-8,27H2,1-4H3,(H,29,33)(H,37,38)/t9-,10-,11+,12+,13+,14+,15-,16-/m1/s1. The van der Waals surface area contributed by atoms with Gasteiger partial charge in [0, 0.05) is 55.3 Å². The van der Waals surface area contributed by atoms with Gasteiger partial charge in [-0.1, -0.05) is 6.92 Å². The van der Waals surface area contributed by atoms with Crippen molar-refractivity contribution in [2.45, 2.75) is 68.6 Å². The summed E-state index contributed by atoms with van der Waals surface area (Å²) < 4.78 is 25.4. The minimum Gasteiger partial charge on any atom is -0.477 e. The number of hydrogen-bond acceptors (Lipinski definition) is 8. The van der Waals surface area contributed by atoms with Crippen LogP contribution in [0.15, 0.2) is 10.6 Å². The lowest BCUT2D eigenvalue weighted by Gasteiger charge is -2.47. The van der Waals surface area contributed by atoms with Gasteiger partial charge in [0.2, 0.25) is 17.7 Å². The van der Waals surface area contributed by atoms with Gasteiger partial charge in [-0.05, 0) is 19.8 Å². The average molecular weight is 573 g/mol. The summed E-state index contributed by atoms with van der Waals surface area (Å²) in [7, 11) is 3.25. The van der Waals surface area contributed by atoms with Gasteiger partial charge in [0.05, 0.1) is 18.0 Å². The molecule has 0 aromatic heterocycles. The number of nitrogens with two attached hydrogens (primary N) is 1. The third kappa shape index (κ3) is 5.23. The topological polar surface area (TPSA) is 165 Å². The Kier molecular flexibility index (Phi) is 8.24. The number of amides is 4. The predicted octanol–water partition coefficient (Wildman–Crippen LogP) is -0.991. The van der Waals surface area contributed by atoms with Gasteiger partial charge in [0.1, 0.15) is 11.7 Å². The van der Waals surface area contributed by atoms with Crippen LogP contribution in [0.3, 0.4) is 0 Å². The van der Waals surface area contributed by atoms with Crippen LogP contribution in [-0.4, -0.2) is 118 Å². The van der Waals surface area contributed by atoms with Gasteiger partial charge in [-0.3, -0.25) is 19.2 Å². The first-order valence-corrected chi connectivity index (χ1v) is 13.7. The zero-order chi connectivity index (χ0) is 28.9. The molecule has 3 fully saturated rings. The second-order valence-corrected chi connectivity index (χ2v) is 12.1. The summed E-state index contributed by atoms with van der Waals surface area (Å²) in [5, 5.41) is 15.1. The van der Waals surface area contributed by atoms with Crippen LogP contribution >= 0.6 is 11.8 Å². The summed E-state index contributed by atoms with van der Waals surface area (Å²) in [5.74, 6) is -4.99. The van der Waals surface area contributed by atoms with Crippen LogP contribution in [0.25, 0.3) is 0 Å². The van der Waals surface area contributed by atoms with Crippen LogP contribution in [0, 0.1) is 11.8 Å². The molecule has 0 aliphatic carbocycles. The Morgan fingerprint density at radius 2 is 1.90 bits per heavy atom. The Hall–Kier alpha value is -2.78. The largest absolute Gasteiger partial charge is 0.477 e. The monoisotopic (exact) mass is 572 g/mol. The van der Waals surface area contributed by atoms with E-state index in [1.807, 2.05) is 0 Å². The van der Waals surface area contributed by atoms with Gasteiger partial charge in [-0.15, -0.1) is 11.8 Å². The molecule has 4 aliphatic heterocycles. The van der Waals surface area contributed by atoms with E-state index >= 15 is 0 Å². The maximum Gasteiger partial charge on any atom is 0.353 e. The summed E-state index contributed by atoms with van der Waals surface area (Å²) in [6.07, 6.45) is -2.47. The van der Waals surface area contributed by atoms with Gasteiger partial charge in [0.25, 0.3) is 5.91 Å². The molecular weight excluding hydrogens is 538 g/mol. The number of carbonyl (C=O) groups excluding carboxylic acids is 4. The van der Waals surface area contributed by atoms with Crippen LogP contribution in [0.5, 0.6) is 0 Å². The first-order valence-electron chi connectivity index (χ1n) is 12.8. The number of nitrogens with one attached hydrogen (secondary N) is 2. The van der Waals surface area contributed by atoms with Gasteiger partial charge >= 0.3 is 12.4 Å². The van der Waals surface area contributed by atoms with Gasteiger partial charge in [-0.2, -0.15) is 8.78 Å². The van der Waals surface area contributed by atoms with E-state index in [4.69, 9.17) is 5.73 Å². The summed E-state index contributed by atoms with van der Waals surface area (Å²) in [6, 6.07) is -3.01. The van der Waals surface area contributed by atoms with Crippen molar-refractivity contribution in [1.82, 2.24) is 25.3 Å². The van der Waals surface area contributed by atoms with Crippen LogP contribution in [0.1, 0.15) is 26.7 Å². The van der Waals surface area contributed by atoms with E-state index in [9.17, 15) is 37.9 Å². The number of carboxylic acid groups (broad SMARTS) is 1. The Morgan fingerprint density at radius 1 is 1.23 bits per heavy atom. The van der Waals surface area contributed by atoms with Crippen molar-refractivity contribution in [3.63, 3.8) is 0 Å². The van der Waals surface area contributed by atoms with Crippen LogP contribution in [0.4, 0.5) is 8.78 Å². The molecule has 216 valence electrons. The zero-order valence-electron chi connectivity index (χ0n) is 22.1. The number of nitrogens with zero attached hydrogens (tertiary/aromatic N) is 3. The van der Waals surface area contributed by atoms with Gasteiger partial charge in [0.15, 0.2) is 0 Å². The molecule has 4 rings (SSSR count). The number of aliphatic carboxylic acids is 1. The third-order valence-corrected chi connectivity index (χ3v) is 9.43. The number of alkyl halides is 2. The fourth-order valence-electron chi connectivity index (χ4n) is 6.08. The number of thioether (sulfide) groups is 1. The molecule has 0 aromatic rings. The maximum atomic E-state index is 13.3. The van der Waals surface area contributed by atoms with Crippen molar-refractivity contribution < 1.29 is 37.9 Å². The molecule has 4 heterocycles. The van der Waals surface area contributed by atoms with Crippen molar-refractivity contribution in [3.05, 3.63) is 10.6 Å². The summed E-state index contributed by atoms with van der Waals surface area (Å²) in [4.78, 5) is 67.1. The minimum absolute atomic E-state index is 0.150. The van der Waals surface area contributed by atoms with E-state index in [1.54, 1.807) is 21.0 Å². The van der Waals surface area contributed by atoms with E-state index in [-0.39, 0.29) is 35.3 Å². The molecular formula is C24H34F2N6O6S. The Bertz CT molecular complexity index is 1100. The van der Waals surface area contributed by atoms with Gasteiger partial charge in [-0.25, -0.2) is 4.79 Å². The first-order chi connectivity index (χ1) is 18.2. The predicted molar refractivity (Wildman–Crippen MR) is 136 cm³/mol. The molecule has 0 bridgehead atoms. The normalized spacial score (nSPS) is 32.8. The van der Waals surface area contributed by atoms with Crippen molar-refractivity contribution >= 4 is 41.4 Å². The molecule has 4 aliphatic rings. The molecule has 0 unspecified atom stereocenters. The van der Waals surface area contributed by atoms with E-state index in [0.717, 1.165) is 0 Å². The number of hydrogen-bond donors (Lipinski definition) is 4. The molecule has 5 N–H and O–H groups in total. The van der Waals surface area contributed by atoms with E-state index < -0.39 is 60.2 Å². The Morgan fingerprint density at radius 3 is 2.49 bits per heavy atom. The lowest BCUT2D eigenvalue weighted by Crippen LogP contribution is -2.66. The molecule has 8 atom stereocenters. The molecule has 12 nitrogen and oxygen atoms in total. The fourth-order valence-corrected chi connectivity index (χ4v) is 7.56. The first kappa shape index (κ1) is 29.2. The molecule has 0 spiro atoms. The number of fused-ring (bicyclic) bond motifs is 1. The average Bonchev–Trinajstić information content (AvgIpc) is 3.54. The number of likely N-dealkylation sites (tertiary alicyclic amines) is 1. The highest BCUT2D eigenvalue weighted by Gasteiger charge is 2.60. The fraction of sp³-hybridized carbons (Fsp3) is 0.708. The van der Waals surface area contributed by atoms with Crippen LogP contribution in [-0.2, 0) is 24.0 Å². The summed E-state index contributed by atoms with van der Waals surface area (Å²) >= 11 is 1.28. The van der Waals surface area contributed by atoms with Crippen molar-refractivity contribution in [2.75, 3.05) is 27.2 Å². The van der Waals surface area contributed by atoms with E-state index in [1.165, 1.54) is 33.4 Å². The van der Waals surface area contributed by atoms with Crippen molar-refractivity contribution in [1.29, 1.82) is 0 Å².